The van der Waals surface area contributed by atoms with Crippen LogP contribution in [0.15, 0.2) is 54.6 Å². The van der Waals surface area contributed by atoms with Crippen LogP contribution in [0.1, 0.15) is 42.4 Å². The molecule has 2 aromatic rings. The first kappa shape index (κ1) is 11.1. The predicted octanol–water partition coefficient (Wildman–Crippen LogP) is 4.70. The number of rotatable bonds is 1. The molecule has 1 nitrogen and oxygen atoms in total. The lowest BCUT2D eigenvalue weighted by atomic mass is 9.80. The monoisotopic (exact) mass is 250 g/mol. The first-order chi connectivity index (χ1) is 9.43. The standard InChI is InChI=1S/C18H18O/c1-2-7-13(8-3-1)18-16-11-6-10-14(16)15-9-4-5-12-17(15)19-18/h1-5,7-9,12,14,16,18H,6,10-11H2/t14-,16+,18+/m0/s1. The van der Waals surface area contributed by atoms with E-state index in [0.717, 1.165) is 5.75 Å². The second-order valence-corrected chi connectivity index (χ2v) is 5.69. The van der Waals surface area contributed by atoms with Gasteiger partial charge in [-0.1, -0.05) is 55.0 Å². The van der Waals surface area contributed by atoms with Crippen LogP contribution in [-0.4, -0.2) is 0 Å². The normalized spacial score (nSPS) is 28.3. The molecule has 1 heterocycles. The first-order valence-electron chi connectivity index (χ1n) is 7.24. The van der Waals surface area contributed by atoms with Crippen LogP contribution in [0.5, 0.6) is 5.75 Å². The van der Waals surface area contributed by atoms with Crippen LogP contribution in [0.4, 0.5) is 0 Å². The molecule has 1 aliphatic heterocycles. The van der Waals surface area contributed by atoms with Gasteiger partial charge in [-0.15, -0.1) is 0 Å². The zero-order chi connectivity index (χ0) is 12.7. The summed E-state index contributed by atoms with van der Waals surface area (Å²) in [6, 6.07) is 19.3. The molecule has 0 amide bonds. The van der Waals surface area contributed by atoms with Crippen LogP contribution in [0.2, 0.25) is 0 Å². The van der Waals surface area contributed by atoms with Gasteiger partial charge in [0.1, 0.15) is 11.9 Å². The Kier molecular flexibility index (Phi) is 2.58. The van der Waals surface area contributed by atoms with Gasteiger partial charge in [0.15, 0.2) is 0 Å². The van der Waals surface area contributed by atoms with Crippen LogP contribution in [0.3, 0.4) is 0 Å². The Balaban J connectivity index is 1.79. The van der Waals surface area contributed by atoms with Crippen molar-refractivity contribution in [2.45, 2.75) is 31.3 Å². The van der Waals surface area contributed by atoms with Gasteiger partial charge in [0.25, 0.3) is 0 Å². The summed E-state index contributed by atoms with van der Waals surface area (Å²) in [5.74, 6) is 2.44. The van der Waals surface area contributed by atoms with E-state index in [0.29, 0.717) is 11.8 Å². The fraction of sp³-hybridized carbons (Fsp3) is 0.333. The average molecular weight is 250 g/mol. The summed E-state index contributed by atoms with van der Waals surface area (Å²) in [7, 11) is 0. The third-order valence-electron chi connectivity index (χ3n) is 4.66. The van der Waals surface area contributed by atoms with Gasteiger partial charge in [-0.3, -0.25) is 0 Å². The molecule has 19 heavy (non-hydrogen) atoms. The number of fused-ring (bicyclic) bond motifs is 3. The highest BCUT2D eigenvalue weighted by Gasteiger charge is 2.41. The number of para-hydroxylation sites is 1. The number of hydrogen-bond donors (Lipinski definition) is 0. The van der Waals surface area contributed by atoms with E-state index in [1.807, 2.05) is 0 Å². The molecule has 1 fully saturated rings. The molecule has 0 aromatic heterocycles. The van der Waals surface area contributed by atoms with Gasteiger partial charge in [-0.05, 0) is 36.0 Å². The topological polar surface area (TPSA) is 9.23 Å². The highest BCUT2D eigenvalue weighted by molar-refractivity contribution is 5.41. The second kappa shape index (κ2) is 4.41. The van der Waals surface area contributed by atoms with E-state index in [2.05, 4.69) is 54.6 Å². The molecule has 0 saturated heterocycles. The van der Waals surface area contributed by atoms with Gasteiger partial charge in [-0.2, -0.15) is 0 Å². The lowest BCUT2D eigenvalue weighted by Gasteiger charge is -2.36. The molecule has 1 saturated carbocycles. The summed E-state index contributed by atoms with van der Waals surface area (Å²) in [5, 5.41) is 0. The van der Waals surface area contributed by atoms with E-state index in [9.17, 15) is 0 Å². The number of ether oxygens (including phenoxy) is 1. The van der Waals surface area contributed by atoms with E-state index in [1.165, 1.54) is 30.4 Å². The molecule has 0 N–H and O–H groups in total. The molecule has 1 aliphatic carbocycles. The van der Waals surface area contributed by atoms with E-state index in [4.69, 9.17) is 4.74 Å². The maximum atomic E-state index is 6.33. The van der Waals surface area contributed by atoms with Crippen LogP contribution < -0.4 is 4.74 Å². The van der Waals surface area contributed by atoms with Gasteiger partial charge >= 0.3 is 0 Å². The zero-order valence-corrected chi connectivity index (χ0v) is 11.0. The molecule has 4 rings (SSSR count). The van der Waals surface area contributed by atoms with E-state index < -0.39 is 0 Å². The van der Waals surface area contributed by atoms with Crippen LogP contribution in [-0.2, 0) is 0 Å². The largest absolute Gasteiger partial charge is 0.485 e. The summed E-state index contributed by atoms with van der Waals surface area (Å²) in [5.41, 5.74) is 2.76. The van der Waals surface area contributed by atoms with Crippen molar-refractivity contribution in [3.63, 3.8) is 0 Å². The minimum atomic E-state index is 0.239. The van der Waals surface area contributed by atoms with Crippen LogP contribution in [0.25, 0.3) is 0 Å². The highest BCUT2D eigenvalue weighted by atomic mass is 16.5. The summed E-state index contributed by atoms with van der Waals surface area (Å²) in [4.78, 5) is 0. The van der Waals surface area contributed by atoms with E-state index >= 15 is 0 Å². The SMILES string of the molecule is c1ccc([C@H]2Oc3ccccc3[C@@H]3CCC[C@@H]23)cc1. The Morgan fingerprint density at radius 1 is 0.842 bits per heavy atom. The van der Waals surface area contributed by atoms with Gasteiger partial charge in [0.2, 0.25) is 0 Å². The zero-order valence-electron chi connectivity index (χ0n) is 11.0. The van der Waals surface area contributed by atoms with Crippen molar-refractivity contribution in [3.8, 4) is 5.75 Å². The molecule has 3 atom stereocenters. The predicted molar refractivity (Wildman–Crippen MR) is 76.3 cm³/mol. The molecule has 96 valence electrons. The van der Waals surface area contributed by atoms with E-state index in [-0.39, 0.29) is 6.10 Å². The first-order valence-corrected chi connectivity index (χ1v) is 7.24. The van der Waals surface area contributed by atoms with Crippen LogP contribution in [0, 0.1) is 5.92 Å². The lowest BCUT2D eigenvalue weighted by Crippen LogP contribution is -2.26. The minimum absolute atomic E-state index is 0.239. The Labute approximate surface area is 114 Å². The Bertz CT molecular complexity index is 575. The smallest absolute Gasteiger partial charge is 0.127 e. The maximum Gasteiger partial charge on any atom is 0.127 e. The molecule has 0 bridgehead atoms. The summed E-state index contributed by atoms with van der Waals surface area (Å²) in [6.45, 7) is 0. The number of benzene rings is 2. The molecular formula is C18H18O. The van der Waals surface area contributed by atoms with Crippen LogP contribution >= 0.6 is 0 Å². The maximum absolute atomic E-state index is 6.33. The van der Waals surface area contributed by atoms with Crippen molar-refractivity contribution in [2.75, 3.05) is 0 Å². The van der Waals surface area contributed by atoms with Crippen molar-refractivity contribution in [1.29, 1.82) is 0 Å². The lowest BCUT2D eigenvalue weighted by molar-refractivity contribution is 0.104. The fourth-order valence-corrected chi connectivity index (χ4v) is 3.81. The van der Waals surface area contributed by atoms with Gasteiger partial charge < -0.3 is 4.74 Å². The van der Waals surface area contributed by atoms with Crippen molar-refractivity contribution < 1.29 is 4.74 Å². The Hall–Kier alpha value is -1.76. The molecule has 0 radical (unpaired) electrons. The molecule has 0 unspecified atom stereocenters. The van der Waals surface area contributed by atoms with Crippen molar-refractivity contribution in [3.05, 3.63) is 65.7 Å². The van der Waals surface area contributed by atoms with Crippen molar-refractivity contribution in [1.82, 2.24) is 0 Å². The Morgan fingerprint density at radius 3 is 2.53 bits per heavy atom. The van der Waals surface area contributed by atoms with Gasteiger partial charge in [0.05, 0.1) is 0 Å². The van der Waals surface area contributed by atoms with Gasteiger partial charge in [0, 0.05) is 5.92 Å². The third-order valence-corrected chi connectivity index (χ3v) is 4.66. The minimum Gasteiger partial charge on any atom is -0.485 e. The van der Waals surface area contributed by atoms with Gasteiger partial charge in [-0.25, -0.2) is 0 Å². The van der Waals surface area contributed by atoms with Crippen molar-refractivity contribution in [2.24, 2.45) is 5.92 Å². The molecule has 2 aromatic carbocycles. The second-order valence-electron chi connectivity index (χ2n) is 5.69. The Morgan fingerprint density at radius 2 is 1.63 bits per heavy atom. The molecule has 2 aliphatic rings. The highest BCUT2D eigenvalue weighted by Crippen LogP contribution is 2.53. The summed E-state index contributed by atoms with van der Waals surface area (Å²) >= 11 is 0. The molecule has 0 spiro atoms. The average Bonchev–Trinajstić information content (AvgIpc) is 2.97. The summed E-state index contributed by atoms with van der Waals surface area (Å²) in [6.07, 6.45) is 4.17. The van der Waals surface area contributed by atoms with Crippen molar-refractivity contribution >= 4 is 0 Å². The fourth-order valence-electron chi connectivity index (χ4n) is 3.81. The number of hydrogen-bond acceptors (Lipinski definition) is 1. The molecular weight excluding hydrogens is 232 g/mol. The van der Waals surface area contributed by atoms with E-state index in [1.54, 1.807) is 0 Å². The quantitative estimate of drug-likeness (QED) is 0.712. The summed E-state index contributed by atoms with van der Waals surface area (Å²) < 4.78 is 6.33. The molecule has 1 heteroatoms. The third kappa shape index (κ3) is 1.76.